The van der Waals surface area contributed by atoms with Crippen LogP contribution in [0.15, 0.2) is 22.4 Å². The van der Waals surface area contributed by atoms with E-state index >= 15 is 0 Å². The molecule has 0 bridgehead atoms. The number of ether oxygens (including phenoxy) is 4. The van der Waals surface area contributed by atoms with E-state index in [9.17, 15) is 9.59 Å². The highest BCUT2D eigenvalue weighted by molar-refractivity contribution is 5.98. The van der Waals surface area contributed by atoms with Gasteiger partial charge in [0.25, 0.3) is 0 Å². The fourth-order valence-electron chi connectivity index (χ4n) is 2.56. The molecule has 1 rings (SSSR count). The Balaban J connectivity index is 3.09. The number of azide groups is 2. The monoisotopic (exact) mass is 448 g/mol. The number of nitrogens with zero attached hydrogens (tertiary/aromatic N) is 6. The van der Waals surface area contributed by atoms with Crippen LogP contribution in [0.2, 0.25) is 0 Å². The van der Waals surface area contributed by atoms with Crippen molar-refractivity contribution < 1.29 is 28.5 Å². The second-order valence-electron chi connectivity index (χ2n) is 6.31. The first-order valence-electron chi connectivity index (χ1n) is 10.4. The molecule has 1 aromatic rings. The van der Waals surface area contributed by atoms with Gasteiger partial charge in [-0.1, -0.05) is 10.2 Å². The first-order valence-corrected chi connectivity index (χ1v) is 10.4. The van der Waals surface area contributed by atoms with Crippen molar-refractivity contribution in [2.24, 2.45) is 10.2 Å². The molecule has 1 aromatic carbocycles. The highest BCUT2D eigenvalue weighted by Crippen LogP contribution is 2.31. The summed E-state index contributed by atoms with van der Waals surface area (Å²) in [6.07, 6.45) is 2.39. The Morgan fingerprint density at radius 1 is 0.781 bits per heavy atom. The minimum Gasteiger partial charge on any atom is -0.493 e. The lowest BCUT2D eigenvalue weighted by molar-refractivity contribution is 0.0503. The van der Waals surface area contributed by atoms with E-state index in [0.29, 0.717) is 38.8 Å². The number of hydrogen-bond acceptors (Lipinski definition) is 8. The zero-order chi connectivity index (χ0) is 23.6. The van der Waals surface area contributed by atoms with Gasteiger partial charge in [0.05, 0.1) is 26.4 Å². The van der Waals surface area contributed by atoms with Crippen LogP contribution in [0.25, 0.3) is 20.9 Å². The third kappa shape index (κ3) is 9.46. The molecule has 0 saturated heterocycles. The molecular formula is C20H28N6O6. The lowest BCUT2D eigenvalue weighted by atomic mass is 10.1. The van der Waals surface area contributed by atoms with Gasteiger partial charge < -0.3 is 18.9 Å². The van der Waals surface area contributed by atoms with Gasteiger partial charge in [-0.25, -0.2) is 9.59 Å². The molecule has 0 heterocycles. The Morgan fingerprint density at radius 3 is 1.53 bits per heavy atom. The molecule has 0 atom stereocenters. The highest BCUT2D eigenvalue weighted by Gasteiger charge is 2.23. The van der Waals surface area contributed by atoms with Crippen molar-refractivity contribution in [1.29, 1.82) is 0 Å². The average molecular weight is 448 g/mol. The second kappa shape index (κ2) is 16.1. The number of carbonyl (C=O) groups excluding carboxylic acids is 2. The van der Waals surface area contributed by atoms with Crippen molar-refractivity contribution in [1.82, 2.24) is 0 Å². The van der Waals surface area contributed by atoms with Gasteiger partial charge in [0.1, 0.15) is 22.6 Å². The van der Waals surface area contributed by atoms with Crippen molar-refractivity contribution in [3.05, 3.63) is 44.1 Å². The van der Waals surface area contributed by atoms with Gasteiger partial charge in [-0.15, -0.1) is 0 Å². The number of benzene rings is 1. The SMILES string of the molecule is CCOC(=O)c1cc(OCCCCN=[N+]=[N-])c(C(=O)OCC)cc1OCCCCN=[N+]=[N-]. The van der Waals surface area contributed by atoms with Crippen LogP contribution >= 0.6 is 0 Å². The smallest absolute Gasteiger partial charge is 0.342 e. The van der Waals surface area contributed by atoms with Gasteiger partial charge in [0.15, 0.2) is 0 Å². The van der Waals surface area contributed by atoms with E-state index < -0.39 is 11.9 Å². The zero-order valence-electron chi connectivity index (χ0n) is 18.4. The molecule has 0 aliphatic rings. The summed E-state index contributed by atoms with van der Waals surface area (Å²) in [6.45, 7) is 4.87. The van der Waals surface area contributed by atoms with Crippen molar-refractivity contribution in [2.75, 3.05) is 39.5 Å². The summed E-state index contributed by atoms with van der Waals surface area (Å²) in [6, 6.07) is 2.82. The van der Waals surface area contributed by atoms with Crippen LogP contribution in [-0.4, -0.2) is 51.5 Å². The van der Waals surface area contributed by atoms with Gasteiger partial charge in [0.2, 0.25) is 0 Å². The Kier molecular flexibility index (Phi) is 13.3. The molecule has 0 radical (unpaired) electrons. The van der Waals surface area contributed by atoms with Crippen molar-refractivity contribution in [3.63, 3.8) is 0 Å². The maximum atomic E-state index is 12.5. The summed E-state index contributed by atoms with van der Waals surface area (Å²) < 4.78 is 21.7. The molecule has 32 heavy (non-hydrogen) atoms. The predicted octanol–water partition coefficient (Wildman–Crippen LogP) is 4.98. The largest absolute Gasteiger partial charge is 0.493 e. The summed E-state index contributed by atoms with van der Waals surface area (Å²) in [4.78, 5) is 30.3. The minimum atomic E-state index is -0.611. The molecule has 0 spiro atoms. The molecule has 12 heteroatoms. The number of esters is 2. The Hall–Kier alpha value is -3.62. The minimum absolute atomic E-state index is 0.124. The number of carbonyl (C=O) groups is 2. The van der Waals surface area contributed by atoms with Crippen LogP contribution in [0.1, 0.15) is 60.2 Å². The molecule has 0 aromatic heterocycles. The predicted molar refractivity (Wildman–Crippen MR) is 116 cm³/mol. The Labute approximate surface area is 186 Å². The molecule has 0 saturated carbocycles. The molecule has 0 amide bonds. The zero-order valence-corrected chi connectivity index (χ0v) is 18.4. The molecule has 0 N–H and O–H groups in total. The molecule has 0 aliphatic carbocycles. The number of hydrogen-bond donors (Lipinski definition) is 0. The van der Waals surface area contributed by atoms with E-state index in [1.165, 1.54) is 12.1 Å². The highest BCUT2D eigenvalue weighted by atomic mass is 16.5. The van der Waals surface area contributed by atoms with Gasteiger partial charge in [-0.2, -0.15) is 0 Å². The van der Waals surface area contributed by atoms with Crippen LogP contribution in [0.3, 0.4) is 0 Å². The average Bonchev–Trinajstić information content (AvgIpc) is 2.78. The summed E-state index contributed by atoms with van der Waals surface area (Å²) in [5, 5.41) is 6.92. The summed E-state index contributed by atoms with van der Waals surface area (Å²) in [5.74, 6) is -0.877. The van der Waals surface area contributed by atoms with E-state index in [1.54, 1.807) is 13.8 Å². The van der Waals surface area contributed by atoms with Crippen molar-refractivity contribution in [2.45, 2.75) is 39.5 Å². The molecular weight excluding hydrogens is 420 g/mol. The normalized spacial score (nSPS) is 9.81. The molecule has 174 valence electrons. The molecule has 0 aliphatic heterocycles. The lowest BCUT2D eigenvalue weighted by Crippen LogP contribution is -2.14. The van der Waals surface area contributed by atoms with Gasteiger partial charge in [-0.05, 0) is 62.7 Å². The first kappa shape index (κ1) is 26.4. The topological polar surface area (TPSA) is 169 Å². The second-order valence-corrected chi connectivity index (χ2v) is 6.31. The van der Waals surface area contributed by atoms with E-state index in [2.05, 4.69) is 20.1 Å². The maximum Gasteiger partial charge on any atom is 0.342 e. The molecule has 0 unspecified atom stereocenters. The van der Waals surface area contributed by atoms with Crippen LogP contribution in [0.4, 0.5) is 0 Å². The fraction of sp³-hybridized carbons (Fsp3) is 0.600. The fourth-order valence-corrected chi connectivity index (χ4v) is 2.56. The van der Waals surface area contributed by atoms with Crippen LogP contribution in [0, 0.1) is 0 Å². The lowest BCUT2D eigenvalue weighted by Gasteiger charge is -2.16. The molecule has 12 nitrogen and oxygen atoms in total. The summed E-state index contributed by atoms with van der Waals surface area (Å²) in [5.41, 5.74) is 16.9. The quantitative estimate of drug-likeness (QED) is 0.113. The van der Waals surface area contributed by atoms with Gasteiger partial charge in [-0.3, -0.25) is 0 Å². The van der Waals surface area contributed by atoms with E-state index in [4.69, 9.17) is 30.0 Å². The third-order valence-corrected chi connectivity index (χ3v) is 4.02. The Bertz CT molecular complexity index is 779. The van der Waals surface area contributed by atoms with Crippen LogP contribution in [-0.2, 0) is 9.47 Å². The standard InChI is InChI=1S/C20H28N6O6/c1-3-29-19(27)15-13-18(32-12-8-6-10-24-26-22)16(20(28)30-4-2)14-17(15)31-11-7-5-9-23-25-21/h13-14H,3-12H2,1-2H3. The Morgan fingerprint density at radius 2 is 1.19 bits per heavy atom. The number of rotatable bonds is 16. The summed E-state index contributed by atoms with van der Waals surface area (Å²) in [7, 11) is 0. The van der Waals surface area contributed by atoms with E-state index in [1.807, 2.05) is 0 Å². The van der Waals surface area contributed by atoms with Crippen LogP contribution in [0.5, 0.6) is 11.5 Å². The number of unbranched alkanes of at least 4 members (excludes halogenated alkanes) is 2. The van der Waals surface area contributed by atoms with E-state index in [0.717, 1.165) is 0 Å². The van der Waals surface area contributed by atoms with Gasteiger partial charge in [0, 0.05) is 22.9 Å². The van der Waals surface area contributed by atoms with Gasteiger partial charge >= 0.3 is 11.9 Å². The van der Waals surface area contributed by atoms with Crippen molar-refractivity contribution >= 4 is 11.9 Å². The van der Waals surface area contributed by atoms with Crippen molar-refractivity contribution in [3.8, 4) is 11.5 Å². The third-order valence-electron chi connectivity index (χ3n) is 4.02. The maximum absolute atomic E-state index is 12.5. The molecule has 0 fully saturated rings. The van der Waals surface area contributed by atoms with E-state index in [-0.39, 0.29) is 49.1 Å². The summed E-state index contributed by atoms with van der Waals surface area (Å²) >= 11 is 0. The first-order chi connectivity index (χ1) is 15.6. The van der Waals surface area contributed by atoms with Crippen LogP contribution < -0.4 is 9.47 Å².